The molecule has 34 heavy (non-hydrogen) atoms. The van der Waals surface area contributed by atoms with Crippen LogP contribution in [0.25, 0.3) is 0 Å². The maximum atomic E-state index is 14.7. The number of piperazine rings is 1. The molecule has 9 heteroatoms. The van der Waals surface area contributed by atoms with E-state index in [1.807, 2.05) is 32.0 Å². The summed E-state index contributed by atoms with van der Waals surface area (Å²) in [6.45, 7) is 5.65. The highest BCUT2D eigenvalue weighted by Gasteiger charge is 2.30. The van der Waals surface area contributed by atoms with Gasteiger partial charge in [0.1, 0.15) is 11.6 Å². The highest BCUT2D eigenvalue weighted by molar-refractivity contribution is 7.89. The van der Waals surface area contributed by atoms with E-state index in [-0.39, 0.29) is 29.2 Å². The Bertz CT molecular complexity index is 1340. The molecule has 3 aromatic carbocycles. The van der Waals surface area contributed by atoms with Gasteiger partial charge in [0, 0.05) is 31.9 Å². The van der Waals surface area contributed by atoms with E-state index in [2.05, 4.69) is 10.2 Å². The second-order valence-corrected chi connectivity index (χ2v) is 10.1. The molecule has 0 radical (unpaired) electrons. The predicted molar refractivity (Wildman–Crippen MR) is 128 cm³/mol. The lowest BCUT2D eigenvalue weighted by atomic mass is 10.1. The summed E-state index contributed by atoms with van der Waals surface area (Å²) in [6, 6.07) is 14.7. The summed E-state index contributed by atoms with van der Waals surface area (Å²) in [5.41, 5.74) is 2.95. The summed E-state index contributed by atoms with van der Waals surface area (Å²) in [5, 5.41) is 2.29. The quantitative estimate of drug-likeness (QED) is 0.584. The minimum Gasteiger partial charge on any atom is -0.369 e. The fourth-order valence-corrected chi connectivity index (χ4v) is 5.42. The van der Waals surface area contributed by atoms with E-state index >= 15 is 0 Å². The molecule has 4 rings (SSSR count). The molecular weight excluding hydrogens is 460 g/mol. The van der Waals surface area contributed by atoms with Crippen LogP contribution in [0.1, 0.15) is 21.5 Å². The van der Waals surface area contributed by atoms with Crippen LogP contribution in [-0.2, 0) is 10.0 Å². The fraction of sp³-hybridized carbons (Fsp3) is 0.240. The molecule has 0 spiro atoms. The first-order chi connectivity index (χ1) is 16.2. The summed E-state index contributed by atoms with van der Waals surface area (Å²) in [4.78, 5) is 14.2. The third kappa shape index (κ3) is 4.67. The summed E-state index contributed by atoms with van der Waals surface area (Å²) >= 11 is 0. The Morgan fingerprint density at radius 1 is 0.882 bits per heavy atom. The van der Waals surface area contributed by atoms with Crippen LogP contribution in [0.2, 0.25) is 0 Å². The van der Waals surface area contributed by atoms with Gasteiger partial charge in [-0.05, 0) is 61.4 Å². The highest BCUT2D eigenvalue weighted by Crippen LogP contribution is 2.27. The lowest BCUT2D eigenvalue weighted by Gasteiger charge is -2.36. The van der Waals surface area contributed by atoms with Gasteiger partial charge in [-0.15, -0.1) is 0 Å². The van der Waals surface area contributed by atoms with Crippen molar-refractivity contribution in [3.8, 4) is 0 Å². The van der Waals surface area contributed by atoms with Crippen molar-refractivity contribution in [3.63, 3.8) is 0 Å². The van der Waals surface area contributed by atoms with E-state index in [1.165, 1.54) is 40.2 Å². The molecule has 1 saturated heterocycles. The molecule has 1 aliphatic rings. The monoisotopic (exact) mass is 485 g/mol. The zero-order valence-corrected chi connectivity index (χ0v) is 19.7. The molecular formula is C25H25F2N3O3S. The first kappa shape index (κ1) is 23.8. The number of sulfonamides is 1. The van der Waals surface area contributed by atoms with Crippen molar-refractivity contribution in [2.75, 3.05) is 36.4 Å². The number of aryl methyl sites for hydroxylation is 1. The van der Waals surface area contributed by atoms with Crippen LogP contribution in [-0.4, -0.2) is 44.8 Å². The van der Waals surface area contributed by atoms with Gasteiger partial charge in [-0.3, -0.25) is 4.79 Å². The summed E-state index contributed by atoms with van der Waals surface area (Å²) < 4.78 is 56.0. The Balaban J connectivity index is 1.47. The van der Waals surface area contributed by atoms with Gasteiger partial charge in [0.2, 0.25) is 10.0 Å². The summed E-state index contributed by atoms with van der Waals surface area (Å²) in [7, 11) is -3.92. The van der Waals surface area contributed by atoms with Crippen LogP contribution < -0.4 is 10.2 Å². The van der Waals surface area contributed by atoms with Crippen molar-refractivity contribution >= 4 is 27.3 Å². The Labute approximate surface area is 197 Å². The van der Waals surface area contributed by atoms with Crippen molar-refractivity contribution in [3.05, 3.63) is 89.0 Å². The lowest BCUT2D eigenvalue weighted by Crippen LogP contribution is -2.48. The lowest BCUT2D eigenvalue weighted by molar-refractivity contribution is 0.102. The molecule has 1 fully saturated rings. The molecule has 0 saturated carbocycles. The largest absolute Gasteiger partial charge is 0.369 e. The highest BCUT2D eigenvalue weighted by atomic mass is 32.2. The number of rotatable bonds is 5. The van der Waals surface area contributed by atoms with Gasteiger partial charge in [0.05, 0.1) is 16.1 Å². The molecule has 1 N–H and O–H groups in total. The molecule has 6 nitrogen and oxygen atoms in total. The Hall–Kier alpha value is -3.30. The maximum absolute atomic E-state index is 14.7. The molecule has 0 aromatic heterocycles. The van der Waals surface area contributed by atoms with Gasteiger partial charge in [0.15, 0.2) is 0 Å². The number of nitrogens with one attached hydrogen (secondary N) is 1. The molecule has 0 bridgehead atoms. The average molecular weight is 486 g/mol. The first-order valence-electron chi connectivity index (χ1n) is 10.9. The van der Waals surface area contributed by atoms with Crippen LogP contribution >= 0.6 is 0 Å². The fourth-order valence-electron chi connectivity index (χ4n) is 3.99. The number of hydrogen-bond donors (Lipinski definition) is 1. The average Bonchev–Trinajstić information content (AvgIpc) is 2.82. The predicted octanol–water partition coefficient (Wildman–Crippen LogP) is 4.34. The number of carbonyl (C=O) groups excluding carboxylic acids is 1. The number of hydrogen-bond acceptors (Lipinski definition) is 4. The zero-order chi connectivity index (χ0) is 24.5. The number of nitrogens with zero attached hydrogens (tertiary/aromatic N) is 2. The third-order valence-electron chi connectivity index (χ3n) is 6.10. The zero-order valence-electron chi connectivity index (χ0n) is 18.9. The van der Waals surface area contributed by atoms with E-state index in [4.69, 9.17) is 0 Å². The molecule has 0 atom stereocenters. The van der Waals surface area contributed by atoms with Crippen molar-refractivity contribution in [1.82, 2.24) is 4.31 Å². The van der Waals surface area contributed by atoms with Crippen LogP contribution in [0.5, 0.6) is 0 Å². The molecule has 1 heterocycles. The number of benzene rings is 3. The third-order valence-corrected chi connectivity index (χ3v) is 8.00. The molecule has 3 aromatic rings. The Kier molecular flexibility index (Phi) is 6.67. The van der Waals surface area contributed by atoms with E-state index in [0.29, 0.717) is 13.1 Å². The van der Waals surface area contributed by atoms with Crippen molar-refractivity contribution in [2.45, 2.75) is 18.7 Å². The van der Waals surface area contributed by atoms with Crippen LogP contribution in [0.15, 0.2) is 65.6 Å². The summed E-state index contributed by atoms with van der Waals surface area (Å²) in [6.07, 6.45) is 0. The standard InChI is InChI=1S/C25H25F2N3O3S/c1-17-6-5-9-24(18(17)2)29-12-14-30(15-13-29)34(32,33)19-10-11-23(22(27)16-19)28-25(31)20-7-3-4-8-21(20)26/h3-11,16H,12-15H2,1-2H3,(H,28,31). The van der Waals surface area contributed by atoms with Gasteiger partial charge in [-0.2, -0.15) is 4.31 Å². The first-order valence-corrected chi connectivity index (χ1v) is 12.3. The minimum atomic E-state index is -3.92. The Morgan fingerprint density at radius 3 is 2.26 bits per heavy atom. The van der Waals surface area contributed by atoms with Crippen molar-refractivity contribution in [1.29, 1.82) is 0 Å². The summed E-state index contributed by atoms with van der Waals surface area (Å²) in [5.74, 6) is -2.48. The molecule has 1 aliphatic heterocycles. The van der Waals surface area contributed by atoms with Gasteiger partial charge < -0.3 is 10.2 Å². The molecule has 178 valence electrons. The van der Waals surface area contributed by atoms with Crippen LogP contribution in [0.4, 0.5) is 20.2 Å². The normalized spacial score (nSPS) is 14.8. The minimum absolute atomic E-state index is 0.200. The molecule has 1 amide bonds. The van der Waals surface area contributed by atoms with E-state index in [0.717, 1.165) is 23.4 Å². The van der Waals surface area contributed by atoms with Gasteiger partial charge >= 0.3 is 0 Å². The number of halogens is 2. The smallest absolute Gasteiger partial charge is 0.258 e. The van der Waals surface area contributed by atoms with E-state index in [9.17, 15) is 22.0 Å². The van der Waals surface area contributed by atoms with Gasteiger partial charge in [0.25, 0.3) is 5.91 Å². The van der Waals surface area contributed by atoms with Crippen molar-refractivity contribution < 1.29 is 22.0 Å². The van der Waals surface area contributed by atoms with Gasteiger partial charge in [-0.1, -0.05) is 24.3 Å². The number of carbonyl (C=O) groups is 1. The van der Waals surface area contributed by atoms with Crippen molar-refractivity contribution in [2.24, 2.45) is 0 Å². The Morgan fingerprint density at radius 2 is 1.59 bits per heavy atom. The van der Waals surface area contributed by atoms with E-state index in [1.54, 1.807) is 0 Å². The van der Waals surface area contributed by atoms with E-state index < -0.39 is 27.6 Å². The second-order valence-electron chi connectivity index (χ2n) is 8.19. The second kappa shape index (κ2) is 9.52. The van der Waals surface area contributed by atoms with Gasteiger partial charge in [-0.25, -0.2) is 17.2 Å². The topological polar surface area (TPSA) is 69.7 Å². The maximum Gasteiger partial charge on any atom is 0.258 e. The molecule has 0 unspecified atom stereocenters. The van der Waals surface area contributed by atoms with Crippen LogP contribution in [0.3, 0.4) is 0 Å². The SMILES string of the molecule is Cc1cccc(N2CCN(S(=O)(=O)c3ccc(NC(=O)c4ccccc4F)c(F)c3)CC2)c1C. The molecule has 0 aliphatic carbocycles. The number of anilines is 2. The van der Waals surface area contributed by atoms with Crippen LogP contribution in [0, 0.1) is 25.5 Å². The number of amides is 1.